The van der Waals surface area contributed by atoms with Crippen LogP contribution in [0.4, 0.5) is 17.1 Å². The summed E-state index contributed by atoms with van der Waals surface area (Å²) in [5, 5.41) is 3.37. The standard InChI is InChI=1S/C16H18N2O2/c1-10-4-3-5-13(11(10)2)18-14-9-16-15(8-12(14)17)19-6-7-20-16/h3-5,8-9,18H,6-7,17H2,1-2H3. The topological polar surface area (TPSA) is 56.5 Å². The normalized spacial score (nSPS) is 13.1. The molecule has 3 N–H and O–H groups in total. The molecular weight excluding hydrogens is 252 g/mol. The zero-order valence-electron chi connectivity index (χ0n) is 11.7. The highest BCUT2D eigenvalue weighted by molar-refractivity contribution is 5.78. The number of hydrogen-bond donors (Lipinski definition) is 2. The maximum Gasteiger partial charge on any atom is 0.163 e. The van der Waals surface area contributed by atoms with E-state index < -0.39 is 0 Å². The second-order valence-corrected chi connectivity index (χ2v) is 4.96. The summed E-state index contributed by atoms with van der Waals surface area (Å²) in [5.74, 6) is 1.44. The van der Waals surface area contributed by atoms with E-state index in [2.05, 4.69) is 25.2 Å². The van der Waals surface area contributed by atoms with Gasteiger partial charge in [0.25, 0.3) is 0 Å². The van der Waals surface area contributed by atoms with Gasteiger partial charge in [-0.1, -0.05) is 12.1 Å². The lowest BCUT2D eigenvalue weighted by molar-refractivity contribution is 0.172. The lowest BCUT2D eigenvalue weighted by Crippen LogP contribution is -2.15. The second-order valence-electron chi connectivity index (χ2n) is 4.96. The van der Waals surface area contributed by atoms with Gasteiger partial charge < -0.3 is 20.5 Å². The van der Waals surface area contributed by atoms with Crippen molar-refractivity contribution in [2.45, 2.75) is 13.8 Å². The van der Waals surface area contributed by atoms with Crippen LogP contribution in [-0.2, 0) is 0 Å². The molecule has 1 aliphatic rings. The van der Waals surface area contributed by atoms with Crippen LogP contribution in [0.1, 0.15) is 11.1 Å². The molecule has 1 aliphatic heterocycles. The van der Waals surface area contributed by atoms with E-state index in [4.69, 9.17) is 15.2 Å². The minimum atomic E-state index is 0.566. The van der Waals surface area contributed by atoms with Crippen molar-refractivity contribution in [2.75, 3.05) is 24.3 Å². The Hall–Kier alpha value is -2.36. The van der Waals surface area contributed by atoms with E-state index in [1.165, 1.54) is 11.1 Å². The summed E-state index contributed by atoms with van der Waals surface area (Å²) < 4.78 is 11.1. The third-order valence-electron chi connectivity index (χ3n) is 3.59. The quantitative estimate of drug-likeness (QED) is 0.821. The minimum absolute atomic E-state index is 0.566. The molecule has 4 heteroatoms. The van der Waals surface area contributed by atoms with Crippen LogP contribution in [0.2, 0.25) is 0 Å². The van der Waals surface area contributed by atoms with Crippen molar-refractivity contribution in [1.82, 2.24) is 0 Å². The van der Waals surface area contributed by atoms with Crippen LogP contribution in [0.25, 0.3) is 0 Å². The molecule has 0 aromatic heterocycles. The first-order valence-corrected chi connectivity index (χ1v) is 6.67. The highest BCUT2D eigenvalue weighted by atomic mass is 16.6. The van der Waals surface area contributed by atoms with Gasteiger partial charge >= 0.3 is 0 Å². The fourth-order valence-corrected chi connectivity index (χ4v) is 2.24. The summed E-state index contributed by atoms with van der Waals surface area (Å²) in [4.78, 5) is 0. The Morgan fingerprint density at radius 1 is 1.00 bits per heavy atom. The molecule has 0 saturated carbocycles. The highest BCUT2D eigenvalue weighted by Crippen LogP contribution is 2.38. The number of benzene rings is 2. The van der Waals surface area contributed by atoms with Crippen molar-refractivity contribution >= 4 is 17.1 Å². The molecule has 0 bridgehead atoms. The zero-order chi connectivity index (χ0) is 14.1. The van der Waals surface area contributed by atoms with Gasteiger partial charge in [-0.05, 0) is 31.0 Å². The molecule has 0 radical (unpaired) electrons. The first kappa shape index (κ1) is 12.7. The maximum atomic E-state index is 6.08. The highest BCUT2D eigenvalue weighted by Gasteiger charge is 2.15. The zero-order valence-corrected chi connectivity index (χ0v) is 11.7. The molecule has 4 nitrogen and oxygen atoms in total. The average molecular weight is 270 g/mol. The lowest BCUT2D eigenvalue weighted by atomic mass is 10.1. The van der Waals surface area contributed by atoms with E-state index in [1.807, 2.05) is 24.3 Å². The number of ether oxygens (including phenoxy) is 2. The smallest absolute Gasteiger partial charge is 0.163 e. The summed E-state index contributed by atoms with van der Waals surface area (Å²) in [6.07, 6.45) is 0. The van der Waals surface area contributed by atoms with E-state index in [1.54, 1.807) is 0 Å². The van der Waals surface area contributed by atoms with E-state index >= 15 is 0 Å². The van der Waals surface area contributed by atoms with E-state index in [-0.39, 0.29) is 0 Å². The summed E-state index contributed by atoms with van der Waals surface area (Å²) in [5.41, 5.74) is 11.1. The first-order chi connectivity index (χ1) is 9.65. The second kappa shape index (κ2) is 4.96. The van der Waals surface area contributed by atoms with E-state index in [0.29, 0.717) is 24.7 Å². The monoisotopic (exact) mass is 270 g/mol. The van der Waals surface area contributed by atoms with Crippen molar-refractivity contribution in [1.29, 1.82) is 0 Å². The Morgan fingerprint density at radius 2 is 1.70 bits per heavy atom. The summed E-state index contributed by atoms with van der Waals surface area (Å²) in [6.45, 7) is 5.32. The van der Waals surface area contributed by atoms with E-state index in [0.717, 1.165) is 17.1 Å². The molecule has 3 rings (SSSR count). The molecule has 1 heterocycles. The van der Waals surface area contributed by atoms with Gasteiger partial charge in [0, 0.05) is 17.8 Å². The van der Waals surface area contributed by atoms with Crippen molar-refractivity contribution in [2.24, 2.45) is 0 Å². The predicted octanol–water partition coefficient (Wildman–Crippen LogP) is 3.40. The van der Waals surface area contributed by atoms with Crippen LogP contribution < -0.4 is 20.5 Å². The number of nitrogens with two attached hydrogens (primary N) is 1. The Kier molecular flexibility index (Phi) is 3.14. The molecule has 0 fully saturated rings. The molecule has 104 valence electrons. The number of nitrogen functional groups attached to an aromatic ring is 1. The Balaban J connectivity index is 1.96. The van der Waals surface area contributed by atoms with Gasteiger partial charge in [0.15, 0.2) is 11.5 Å². The Labute approximate surface area is 118 Å². The third kappa shape index (κ3) is 2.25. The van der Waals surface area contributed by atoms with Gasteiger partial charge in [-0.2, -0.15) is 0 Å². The average Bonchev–Trinajstić information content (AvgIpc) is 2.44. The lowest BCUT2D eigenvalue weighted by Gasteiger charge is -2.21. The summed E-state index contributed by atoms with van der Waals surface area (Å²) in [7, 11) is 0. The van der Waals surface area contributed by atoms with Gasteiger partial charge in [-0.15, -0.1) is 0 Å². The first-order valence-electron chi connectivity index (χ1n) is 6.67. The maximum absolute atomic E-state index is 6.08. The van der Waals surface area contributed by atoms with Crippen molar-refractivity contribution < 1.29 is 9.47 Å². The van der Waals surface area contributed by atoms with Crippen LogP contribution in [0.15, 0.2) is 30.3 Å². The number of aryl methyl sites for hydroxylation is 1. The summed E-state index contributed by atoms with van der Waals surface area (Å²) >= 11 is 0. The Morgan fingerprint density at radius 3 is 2.45 bits per heavy atom. The van der Waals surface area contributed by atoms with Crippen LogP contribution in [0.3, 0.4) is 0 Å². The number of rotatable bonds is 2. The van der Waals surface area contributed by atoms with E-state index in [9.17, 15) is 0 Å². The third-order valence-corrected chi connectivity index (χ3v) is 3.59. The molecule has 0 spiro atoms. The minimum Gasteiger partial charge on any atom is -0.486 e. The van der Waals surface area contributed by atoms with Crippen molar-refractivity contribution in [3.05, 3.63) is 41.5 Å². The molecule has 0 atom stereocenters. The molecule has 20 heavy (non-hydrogen) atoms. The molecule has 2 aromatic rings. The van der Waals surface area contributed by atoms with Gasteiger partial charge in [-0.3, -0.25) is 0 Å². The number of nitrogens with one attached hydrogen (secondary N) is 1. The molecular formula is C16H18N2O2. The van der Waals surface area contributed by atoms with Gasteiger partial charge in [0.1, 0.15) is 13.2 Å². The molecule has 0 aliphatic carbocycles. The molecule has 2 aromatic carbocycles. The van der Waals surface area contributed by atoms with Crippen LogP contribution in [-0.4, -0.2) is 13.2 Å². The SMILES string of the molecule is Cc1cccc(Nc2cc3c(cc2N)OCCO3)c1C. The largest absolute Gasteiger partial charge is 0.486 e. The van der Waals surface area contributed by atoms with Crippen LogP contribution in [0.5, 0.6) is 11.5 Å². The summed E-state index contributed by atoms with van der Waals surface area (Å²) in [6, 6.07) is 9.86. The molecule has 0 unspecified atom stereocenters. The van der Waals surface area contributed by atoms with Crippen LogP contribution in [0, 0.1) is 13.8 Å². The van der Waals surface area contributed by atoms with Gasteiger partial charge in [-0.25, -0.2) is 0 Å². The van der Waals surface area contributed by atoms with Gasteiger partial charge in [0.05, 0.1) is 11.4 Å². The van der Waals surface area contributed by atoms with Crippen LogP contribution >= 0.6 is 0 Å². The van der Waals surface area contributed by atoms with Crippen molar-refractivity contribution in [3.8, 4) is 11.5 Å². The molecule has 0 amide bonds. The number of hydrogen-bond acceptors (Lipinski definition) is 4. The van der Waals surface area contributed by atoms with Crippen molar-refractivity contribution in [3.63, 3.8) is 0 Å². The fraction of sp³-hybridized carbons (Fsp3) is 0.250. The molecule has 0 saturated heterocycles. The van der Waals surface area contributed by atoms with Gasteiger partial charge in [0.2, 0.25) is 0 Å². The Bertz CT molecular complexity index is 653. The predicted molar refractivity (Wildman–Crippen MR) is 81.0 cm³/mol. The number of anilines is 3. The number of fused-ring (bicyclic) bond motifs is 1. The fourth-order valence-electron chi connectivity index (χ4n) is 2.24.